The van der Waals surface area contributed by atoms with Gasteiger partial charge in [-0.05, 0) is 93.0 Å². The average molecular weight is 503 g/mol. The van der Waals surface area contributed by atoms with Gasteiger partial charge in [-0.3, -0.25) is 4.98 Å². The molecule has 0 aliphatic carbocycles. The molecule has 2 N–H and O–H groups in total. The Morgan fingerprint density at radius 1 is 0.971 bits per heavy atom. The molecule has 178 valence electrons. The first-order valence-corrected chi connectivity index (χ1v) is 12.3. The van der Waals surface area contributed by atoms with Crippen LogP contribution in [0.3, 0.4) is 0 Å². The van der Waals surface area contributed by atoms with Crippen molar-refractivity contribution in [1.82, 2.24) is 14.9 Å². The summed E-state index contributed by atoms with van der Waals surface area (Å²) in [5.41, 5.74) is 8.40. The zero-order chi connectivity index (χ0) is 24.9. The highest BCUT2D eigenvalue weighted by atomic mass is 35.5. The molecular formula is C28H27ClN4OS. The molecule has 1 fully saturated rings. The highest BCUT2D eigenvalue weighted by Crippen LogP contribution is 2.46. The number of thiocarbonyl (C=S) groups is 1. The van der Waals surface area contributed by atoms with Crippen molar-refractivity contribution in [1.29, 1.82) is 0 Å². The predicted molar refractivity (Wildman–Crippen MR) is 146 cm³/mol. The molecule has 3 heterocycles. The van der Waals surface area contributed by atoms with Crippen molar-refractivity contribution in [3.63, 3.8) is 0 Å². The molecule has 2 aromatic carbocycles. The van der Waals surface area contributed by atoms with Crippen LogP contribution in [0.1, 0.15) is 45.9 Å². The van der Waals surface area contributed by atoms with Crippen LogP contribution in [0, 0.1) is 27.7 Å². The van der Waals surface area contributed by atoms with Crippen LogP contribution in [-0.2, 0) is 0 Å². The monoisotopic (exact) mass is 502 g/mol. The number of hydrogen-bond acceptors (Lipinski definition) is 3. The molecule has 2 aromatic heterocycles. The van der Waals surface area contributed by atoms with Crippen molar-refractivity contribution in [3.05, 3.63) is 106 Å². The average Bonchev–Trinajstić information content (AvgIpc) is 3.32. The van der Waals surface area contributed by atoms with E-state index in [1.54, 1.807) is 24.4 Å². The molecule has 5 rings (SSSR count). The standard InChI is InChI=1S/C28H27ClN4OS/c1-16-8-7-9-17(2)26(16)32-18(3)14-21(19(32)4)27-25(22-10-5-6-13-30-22)31-28(35)33(27)23-15-20(29)11-12-24(23)34/h5-15,25,27,34H,1-4H3,(H,31,35)/t25-,27-/m0/s1. The fourth-order valence-electron chi connectivity index (χ4n) is 5.21. The highest BCUT2D eigenvalue weighted by molar-refractivity contribution is 7.80. The number of benzene rings is 2. The van der Waals surface area contributed by atoms with E-state index in [0.717, 1.165) is 22.6 Å². The number of aryl methyl sites for hydroxylation is 3. The minimum atomic E-state index is -0.244. The number of anilines is 1. The van der Waals surface area contributed by atoms with E-state index in [1.807, 2.05) is 23.1 Å². The summed E-state index contributed by atoms with van der Waals surface area (Å²) in [6.07, 6.45) is 1.79. The van der Waals surface area contributed by atoms with Crippen molar-refractivity contribution in [2.75, 3.05) is 4.90 Å². The second-order valence-electron chi connectivity index (χ2n) is 9.03. The zero-order valence-electron chi connectivity index (χ0n) is 20.1. The van der Waals surface area contributed by atoms with Crippen molar-refractivity contribution >= 4 is 34.6 Å². The number of hydrogen-bond donors (Lipinski definition) is 2. The van der Waals surface area contributed by atoms with Gasteiger partial charge in [-0.25, -0.2) is 0 Å². The molecule has 0 spiro atoms. The van der Waals surface area contributed by atoms with Gasteiger partial charge in [-0.2, -0.15) is 0 Å². The van der Waals surface area contributed by atoms with Crippen molar-refractivity contribution in [2.24, 2.45) is 0 Å². The predicted octanol–water partition coefficient (Wildman–Crippen LogP) is 6.64. The normalized spacial score (nSPS) is 17.6. The number of phenolic OH excluding ortho intramolecular Hbond substituents is 1. The molecule has 2 atom stereocenters. The molecule has 1 saturated heterocycles. The Labute approximate surface area is 216 Å². The van der Waals surface area contributed by atoms with Gasteiger partial charge in [-0.1, -0.05) is 35.9 Å². The van der Waals surface area contributed by atoms with Gasteiger partial charge in [0.2, 0.25) is 0 Å². The number of phenols is 1. The van der Waals surface area contributed by atoms with Gasteiger partial charge < -0.3 is 19.9 Å². The molecule has 0 bridgehead atoms. The maximum absolute atomic E-state index is 10.8. The molecule has 0 radical (unpaired) electrons. The lowest BCUT2D eigenvalue weighted by Crippen LogP contribution is -2.29. The summed E-state index contributed by atoms with van der Waals surface area (Å²) in [7, 11) is 0. The van der Waals surface area contributed by atoms with Crippen LogP contribution in [0.4, 0.5) is 5.69 Å². The Balaban J connectivity index is 1.74. The molecule has 4 aromatic rings. The van der Waals surface area contributed by atoms with Gasteiger partial charge >= 0.3 is 0 Å². The molecule has 7 heteroatoms. The van der Waals surface area contributed by atoms with Crippen LogP contribution in [0.5, 0.6) is 5.75 Å². The number of nitrogens with zero attached hydrogens (tertiary/aromatic N) is 3. The van der Waals surface area contributed by atoms with E-state index in [0.29, 0.717) is 15.8 Å². The second-order valence-corrected chi connectivity index (χ2v) is 9.86. The molecule has 0 amide bonds. The molecule has 0 unspecified atom stereocenters. The van der Waals surface area contributed by atoms with Gasteiger partial charge in [0.1, 0.15) is 5.75 Å². The van der Waals surface area contributed by atoms with E-state index in [4.69, 9.17) is 23.8 Å². The molecule has 5 nitrogen and oxygen atoms in total. The number of aromatic nitrogens is 2. The number of pyridine rings is 1. The Morgan fingerprint density at radius 3 is 2.40 bits per heavy atom. The molecule has 35 heavy (non-hydrogen) atoms. The molecular weight excluding hydrogens is 476 g/mol. The summed E-state index contributed by atoms with van der Waals surface area (Å²) in [5.74, 6) is 0.119. The summed E-state index contributed by atoms with van der Waals surface area (Å²) < 4.78 is 2.31. The van der Waals surface area contributed by atoms with Gasteiger partial charge in [0.15, 0.2) is 5.11 Å². The summed E-state index contributed by atoms with van der Waals surface area (Å²) >= 11 is 12.2. The Bertz CT molecular complexity index is 1410. The quantitative estimate of drug-likeness (QED) is 0.306. The number of aromatic hydroxyl groups is 1. The van der Waals surface area contributed by atoms with Crippen molar-refractivity contribution in [2.45, 2.75) is 39.8 Å². The van der Waals surface area contributed by atoms with Crippen molar-refractivity contribution < 1.29 is 5.11 Å². The Hall–Kier alpha value is -3.35. The van der Waals surface area contributed by atoms with Crippen molar-refractivity contribution in [3.8, 4) is 11.4 Å². The maximum Gasteiger partial charge on any atom is 0.174 e. The van der Waals surface area contributed by atoms with E-state index < -0.39 is 0 Å². The summed E-state index contributed by atoms with van der Waals surface area (Å²) in [4.78, 5) is 6.61. The SMILES string of the molecule is Cc1cccc(C)c1-n1c(C)cc([C@H]2[C@H](c3ccccn3)NC(=S)N2c2cc(Cl)ccc2O)c1C. The first-order chi connectivity index (χ1) is 16.8. The topological polar surface area (TPSA) is 53.3 Å². The molecule has 0 saturated carbocycles. The summed E-state index contributed by atoms with van der Waals surface area (Å²) in [5, 5.41) is 15.3. The first kappa shape index (κ1) is 23.4. The van der Waals surface area contributed by atoms with E-state index in [9.17, 15) is 5.11 Å². The minimum Gasteiger partial charge on any atom is -0.506 e. The zero-order valence-corrected chi connectivity index (χ0v) is 21.7. The van der Waals surface area contributed by atoms with E-state index in [1.165, 1.54) is 16.8 Å². The lowest BCUT2D eigenvalue weighted by Gasteiger charge is -2.29. The van der Waals surface area contributed by atoms with Gasteiger partial charge in [0.25, 0.3) is 0 Å². The van der Waals surface area contributed by atoms with Crippen LogP contribution < -0.4 is 10.2 Å². The third-order valence-corrected chi connectivity index (χ3v) is 7.30. The lowest BCUT2D eigenvalue weighted by molar-refractivity contribution is 0.472. The summed E-state index contributed by atoms with van der Waals surface area (Å²) in [6.45, 7) is 8.54. The Kier molecular flexibility index (Phi) is 6.03. The highest BCUT2D eigenvalue weighted by Gasteiger charge is 2.43. The third kappa shape index (κ3) is 3.97. The number of rotatable bonds is 4. The maximum atomic E-state index is 10.8. The lowest BCUT2D eigenvalue weighted by atomic mass is 9.96. The summed E-state index contributed by atoms with van der Waals surface area (Å²) in [6, 6.07) is 19.0. The van der Waals surface area contributed by atoms with Crippen LogP contribution in [-0.4, -0.2) is 19.8 Å². The fraction of sp³-hybridized carbons (Fsp3) is 0.214. The van der Waals surface area contributed by atoms with E-state index in [2.05, 4.69) is 66.8 Å². The third-order valence-electron chi connectivity index (χ3n) is 6.75. The van der Waals surface area contributed by atoms with Crippen LogP contribution >= 0.6 is 23.8 Å². The molecule has 1 aliphatic heterocycles. The van der Waals surface area contributed by atoms with E-state index in [-0.39, 0.29) is 17.8 Å². The van der Waals surface area contributed by atoms with Crippen LogP contribution in [0.15, 0.2) is 66.9 Å². The van der Waals surface area contributed by atoms with Gasteiger partial charge in [0.05, 0.1) is 29.2 Å². The van der Waals surface area contributed by atoms with Gasteiger partial charge in [-0.15, -0.1) is 0 Å². The fourth-order valence-corrected chi connectivity index (χ4v) is 5.71. The van der Waals surface area contributed by atoms with Gasteiger partial charge in [0, 0.05) is 22.6 Å². The van der Waals surface area contributed by atoms with Crippen LogP contribution in [0.25, 0.3) is 5.69 Å². The molecule has 1 aliphatic rings. The minimum absolute atomic E-state index is 0.119. The smallest absolute Gasteiger partial charge is 0.174 e. The number of nitrogens with one attached hydrogen (secondary N) is 1. The Morgan fingerprint density at radius 2 is 1.71 bits per heavy atom. The number of halogens is 1. The second kappa shape index (κ2) is 9.02. The van der Waals surface area contributed by atoms with E-state index >= 15 is 0 Å². The first-order valence-electron chi connectivity index (χ1n) is 11.5. The largest absolute Gasteiger partial charge is 0.506 e. The van der Waals surface area contributed by atoms with Crippen LogP contribution in [0.2, 0.25) is 5.02 Å². The number of para-hydroxylation sites is 1.